The van der Waals surface area contributed by atoms with Gasteiger partial charge in [-0.15, -0.1) is 10.2 Å². The van der Waals surface area contributed by atoms with Gasteiger partial charge in [0.2, 0.25) is 5.91 Å². The Hall–Kier alpha value is -2.50. The van der Waals surface area contributed by atoms with Gasteiger partial charge in [-0.05, 0) is 62.4 Å². The van der Waals surface area contributed by atoms with Crippen molar-refractivity contribution in [3.05, 3.63) is 54.3 Å². The number of aromatic nitrogens is 3. The first-order valence-corrected chi connectivity index (χ1v) is 12.5. The number of nitrogens with zero attached hydrogens (tertiary/aromatic N) is 4. The minimum absolute atomic E-state index is 0.0314. The second kappa shape index (κ2) is 10.8. The van der Waals surface area contributed by atoms with Crippen LogP contribution in [0, 0.1) is 5.82 Å². The third kappa shape index (κ3) is 5.94. The van der Waals surface area contributed by atoms with Crippen molar-refractivity contribution >= 4 is 29.4 Å². The summed E-state index contributed by atoms with van der Waals surface area (Å²) < 4.78 is 46.3. The molecule has 2 atom stereocenters. The zero-order valence-electron chi connectivity index (χ0n) is 18.5. The van der Waals surface area contributed by atoms with Crippen molar-refractivity contribution in [3.63, 3.8) is 0 Å². The number of hydrogen-bond donors (Lipinski definition) is 0. The van der Waals surface area contributed by atoms with Crippen molar-refractivity contribution in [2.45, 2.75) is 41.9 Å². The van der Waals surface area contributed by atoms with Crippen molar-refractivity contribution in [3.8, 4) is 17.1 Å². The zero-order valence-corrected chi connectivity index (χ0v) is 20.2. The fourth-order valence-corrected chi connectivity index (χ4v) is 5.11. The maximum absolute atomic E-state index is 13.5. The SMILES string of the molecule is C[C@@H]1CN(C(=O)CSc2nnc(-c3ccc(F)cc3)n2-c2ccc(SC(F)F)cc2)C[C@H](C)O1. The van der Waals surface area contributed by atoms with E-state index < -0.39 is 5.76 Å². The smallest absolute Gasteiger partial charge is 0.288 e. The monoisotopic (exact) mass is 508 g/mol. The van der Waals surface area contributed by atoms with Crippen LogP contribution in [-0.4, -0.2) is 62.4 Å². The van der Waals surface area contributed by atoms with E-state index in [4.69, 9.17) is 4.74 Å². The fourth-order valence-electron chi connectivity index (χ4n) is 3.76. The van der Waals surface area contributed by atoms with E-state index in [1.807, 2.05) is 13.8 Å². The number of benzene rings is 2. The van der Waals surface area contributed by atoms with Gasteiger partial charge in [0, 0.05) is 29.2 Å². The van der Waals surface area contributed by atoms with Gasteiger partial charge in [-0.3, -0.25) is 9.36 Å². The molecular weight excluding hydrogens is 485 g/mol. The quantitative estimate of drug-likeness (QED) is 0.413. The van der Waals surface area contributed by atoms with Crippen LogP contribution >= 0.6 is 23.5 Å². The molecule has 0 aliphatic carbocycles. The van der Waals surface area contributed by atoms with E-state index in [1.165, 1.54) is 23.9 Å². The Bertz CT molecular complexity index is 1120. The van der Waals surface area contributed by atoms with Gasteiger partial charge in [-0.25, -0.2) is 4.39 Å². The molecule has 0 spiro atoms. The second-order valence-corrected chi connectivity index (χ2v) is 9.87. The number of amides is 1. The van der Waals surface area contributed by atoms with E-state index >= 15 is 0 Å². The number of rotatable bonds is 7. The standard InChI is InChI=1S/C23H23F3N4O2S2/c1-14-11-29(12-15(2)32-14)20(31)13-33-23-28-27-21(16-3-5-17(24)6-4-16)30(23)18-7-9-19(10-8-18)34-22(25)26/h3-10,14-15,22H,11-13H2,1-2H3/t14-,15+. The minimum atomic E-state index is -2.52. The molecule has 0 saturated carbocycles. The maximum atomic E-state index is 13.5. The lowest BCUT2D eigenvalue weighted by molar-refractivity contribution is -0.140. The molecule has 1 aromatic heterocycles. The summed E-state index contributed by atoms with van der Waals surface area (Å²) >= 11 is 1.70. The molecule has 3 aromatic rings. The van der Waals surface area contributed by atoms with Crippen LogP contribution in [0.1, 0.15) is 13.8 Å². The lowest BCUT2D eigenvalue weighted by Crippen LogP contribution is -2.48. The van der Waals surface area contributed by atoms with Crippen LogP contribution < -0.4 is 0 Å². The normalized spacial score (nSPS) is 18.5. The van der Waals surface area contributed by atoms with Crippen LogP contribution in [0.3, 0.4) is 0 Å². The number of ether oxygens (including phenoxy) is 1. The van der Waals surface area contributed by atoms with E-state index in [2.05, 4.69) is 10.2 Å². The van der Waals surface area contributed by atoms with Crippen molar-refractivity contribution in [2.24, 2.45) is 0 Å². The van der Waals surface area contributed by atoms with E-state index in [0.29, 0.717) is 52.0 Å². The van der Waals surface area contributed by atoms with E-state index in [0.717, 1.165) is 0 Å². The lowest BCUT2D eigenvalue weighted by Gasteiger charge is -2.35. The number of morpholine rings is 1. The molecule has 0 N–H and O–H groups in total. The average Bonchev–Trinajstić information content (AvgIpc) is 3.21. The first-order chi connectivity index (χ1) is 16.3. The highest BCUT2D eigenvalue weighted by Gasteiger charge is 2.26. The summed E-state index contributed by atoms with van der Waals surface area (Å²) in [4.78, 5) is 15.1. The molecule has 2 heterocycles. The third-order valence-electron chi connectivity index (χ3n) is 5.15. The molecule has 34 heavy (non-hydrogen) atoms. The summed E-state index contributed by atoms with van der Waals surface area (Å²) in [5.74, 6) is -2.32. The van der Waals surface area contributed by atoms with E-state index in [9.17, 15) is 18.0 Å². The number of halogens is 3. The summed E-state index contributed by atoms with van der Waals surface area (Å²) in [5.41, 5.74) is 1.28. The molecule has 180 valence electrons. The predicted molar refractivity (Wildman–Crippen MR) is 126 cm³/mol. The first-order valence-electron chi connectivity index (χ1n) is 10.6. The highest BCUT2D eigenvalue weighted by atomic mass is 32.2. The molecule has 0 unspecified atom stereocenters. The molecule has 11 heteroatoms. The van der Waals surface area contributed by atoms with Gasteiger partial charge in [0.05, 0.1) is 18.0 Å². The Kier molecular flexibility index (Phi) is 7.84. The van der Waals surface area contributed by atoms with Crippen LogP contribution in [0.25, 0.3) is 17.1 Å². The highest BCUT2D eigenvalue weighted by molar-refractivity contribution is 8.00. The minimum Gasteiger partial charge on any atom is -0.372 e. The topological polar surface area (TPSA) is 60.2 Å². The number of carbonyl (C=O) groups is 1. The molecule has 1 aliphatic rings. The molecule has 1 fully saturated rings. The van der Waals surface area contributed by atoms with Crippen LogP contribution in [0.15, 0.2) is 58.6 Å². The van der Waals surface area contributed by atoms with Crippen molar-refractivity contribution in [1.29, 1.82) is 0 Å². The van der Waals surface area contributed by atoms with Gasteiger partial charge >= 0.3 is 0 Å². The Balaban J connectivity index is 1.60. The number of hydrogen-bond acceptors (Lipinski definition) is 6. The summed E-state index contributed by atoms with van der Waals surface area (Å²) in [6, 6.07) is 12.4. The number of thioether (sulfide) groups is 2. The lowest BCUT2D eigenvalue weighted by atomic mass is 10.2. The summed E-state index contributed by atoms with van der Waals surface area (Å²) in [7, 11) is 0. The molecule has 6 nitrogen and oxygen atoms in total. The van der Waals surface area contributed by atoms with Crippen LogP contribution in [0.5, 0.6) is 0 Å². The largest absolute Gasteiger partial charge is 0.372 e. The molecule has 0 bridgehead atoms. The summed E-state index contributed by atoms with van der Waals surface area (Å²) in [6.45, 7) is 4.93. The Labute approximate surface area is 203 Å². The first kappa shape index (κ1) is 24.6. The fraction of sp³-hybridized carbons (Fsp3) is 0.348. The third-order valence-corrected chi connectivity index (χ3v) is 6.79. The average molecular weight is 509 g/mol. The molecular formula is C23H23F3N4O2S2. The molecule has 0 radical (unpaired) electrons. The molecule has 4 rings (SSSR count). The highest BCUT2D eigenvalue weighted by Crippen LogP contribution is 2.31. The van der Waals surface area contributed by atoms with Gasteiger partial charge in [-0.2, -0.15) is 8.78 Å². The molecule has 2 aromatic carbocycles. The van der Waals surface area contributed by atoms with Crippen molar-refractivity contribution < 1.29 is 22.7 Å². The Morgan fingerprint density at radius 3 is 2.32 bits per heavy atom. The van der Waals surface area contributed by atoms with Gasteiger partial charge in [0.15, 0.2) is 11.0 Å². The van der Waals surface area contributed by atoms with Crippen LogP contribution in [-0.2, 0) is 9.53 Å². The number of alkyl halides is 2. The van der Waals surface area contributed by atoms with Gasteiger partial charge < -0.3 is 9.64 Å². The van der Waals surface area contributed by atoms with Crippen molar-refractivity contribution in [2.75, 3.05) is 18.8 Å². The number of carbonyl (C=O) groups excluding carboxylic acids is 1. The van der Waals surface area contributed by atoms with Gasteiger partial charge in [0.25, 0.3) is 5.76 Å². The van der Waals surface area contributed by atoms with E-state index in [-0.39, 0.29) is 29.7 Å². The van der Waals surface area contributed by atoms with Crippen LogP contribution in [0.4, 0.5) is 13.2 Å². The maximum Gasteiger partial charge on any atom is 0.288 e. The predicted octanol–water partition coefficient (Wildman–Crippen LogP) is 5.12. The molecule has 1 aliphatic heterocycles. The molecule has 1 amide bonds. The van der Waals surface area contributed by atoms with Gasteiger partial charge in [-0.1, -0.05) is 23.5 Å². The van der Waals surface area contributed by atoms with Gasteiger partial charge in [0.1, 0.15) is 5.82 Å². The molecule has 1 saturated heterocycles. The Morgan fingerprint density at radius 2 is 1.71 bits per heavy atom. The van der Waals surface area contributed by atoms with E-state index in [1.54, 1.807) is 45.9 Å². The Morgan fingerprint density at radius 1 is 1.06 bits per heavy atom. The second-order valence-electron chi connectivity index (χ2n) is 7.87. The summed E-state index contributed by atoms with van der Waals surface area (Å²) in [5, 5.41) is 9.02. The zero-order chi connectivity index (χ0) is 24.2. The van der Waals surface area contributed by atoms with Crippen molar-refractivity contribution in [1.82, 2.24) is 19.7 Å². The summed E-state index contributed by atoms with van der Waals surface area (Å²) in [6.07, 6.45) is -0.0629. The van der Waals surface area contributed by atoms with Crippen LogP contribution in [0.2, 0.25) is 0 Å².